The van der Waals surface area contributed by atoms with E-state index in [1.165, 1.54) is 11.8 Å². The minimum atomic E-state index is 0.475. The fraction of sp³-hybridized carbons (Fsp3) is 0.222. The lowest BCUT2D eigenvalue weighted by molar-refractivity contribution is 0.400. The smallest absolute Gasteiger partial charge is 0.277 e. The van der Waals surface area contributed by atoms with Crippen molar-refractivity contribution >= 4 is 11.8 Å². The van der Waals surface area contributed by atoms with E-state index in [1.807, 2.05) is 42.5 Å². The predicted octanol–water partition coefficient (Wildman–Crippen LogP) is 4.05. The first-order chi connectivity index (χ1) is 12.2. The van der Waals surface area contributed by atoms with Gasteiger partial charge in [0.1, 0.15) is 17.2 Å². The van der Waals surface area contributed by atoms with Crippen molar-refractivity contribution in [2.45, 2.75) is 11.0 Å². The molecule has 0 fully saturated rings. The van der Waals surface area contributed by atoms with Crippen LogP contribution in [-0.2, 0) is 5.75 Å². The van der Waals surface area contributed by atoms with E-state index in [0.29, 0.717) is 16.9 Å². The zero-order valence-corrected chi connectivity index (χ0v) is 15.0. The van der Waals surface area contributed by atoms with Crippen LogP contribution in [0.4, 0.5) is 0 Å². The highest BCUT2D eigenvalue weighted by molar-refractivity contribution is 7.98. The van der Waals surface area contributed by atoms with Crippen LogP contribution in [0.5, 0.6) is 17.2 Å². The third kappa shape index (κ3) is 4.06. The van der Waals surface area contributed by atoms with E-state index in [9.17, 15) is 0 Å². The topological polar surface area (TPSA) is 66.6 Å². The summed E-state index contributed by atoms with van der Waals surface area (Å²) in [5.74, 6) is 3.46. The van der Waals surface area contributed by atoms with Crippen LogP contribution >= 0.6 is 11.8 Å². The van der Waals surface area contributed by atoms with E-state index in [0.717, 1.165) is 28.4 Å². The Morgan fingerprint density at radius 3 is 2.28 bits per heavy atom. The largest absolute Gasteiger partial charge is 0.497 e. The number of methoxy groups -OCH3 is 3. The number of hydrogen-bond acceptors (Lipinski definition) is 7. The van der Waals surface area contributed by atoms with Gasteiger partial charge in [-0.3, -0.25) is 0 Å². The van der Waals surface area contributed by atoms with Crippen LogP contribution in [0, 0.1) is 0 Å². The molecule has 0 bridgehead atoms. The van der Waals surface area contributed by atoms with E-state index in [1.54, 1.807) is 21.3 Å². The normalized spacial score (nSPS) is 10.5. The van der Waals surface area contributed by atoms with Crippen molar-refractivity contribution < 1.29 is 18.6 Å². The lowest BCUT2D eigenvalue weighted by Crippen LogP contribution is -1.92. The summed E-state index contributed by atoms with van der Waals surface area (Å²) in [4.78, 5) is 0. The molecule has 0 atom stereocenters. The molecule has 2 aromatic carbocycles. The molecule has 3 aromatic rings. The number of ether oxygens (including phenoxy) is 3. The standard InChI is InChI=1S/C18H18N2O4S/c1-21-14-6-4-12(5-7-14)17-19-20-18(24-17)25-11-13-10-15(22-2)8-9-16(13)23-3/h4-10H,11H2,1-3H3. The van der Waals surface area contributed by atoms with Gasteiger partial charge in [-0.25, -0.2) is 0 Å². The van der Waals surface area contributed by atoms with Crippen LogP contribution in [-0.4, -0.2) is 31.5 Å². The first-order valence-electron chi connectivity index (χ1n) is 7.55. The van der Waals surface area contributed by atoms with Gasteiger partial charge in [-0.05, 0) is 42.5 Å². The quantitative estimate of drug-likeness (QED) is 0.590. The van der Waals surface area contributed by atoms with Crippen molar-refractivity contribution in [1.29, 1.82) is 0 Å². The second-order valence-corrected chi connectivity index (χ2v) is 5.99. The van der Waals surface area contributed by atoms with Gasteiger partial charge in [-0.15, -0.1) is 10.2 Å². The monoisotopic (exact) mass is 358 g/mol. The van der Waals surface area contributed by atoms with Gasteiger partial charge < -0.3 is 18.6 Å². The average molecular weight is 358 g/mol. The summed E-state index contributed by atoms with van der Waals surface area (Å²) >= 11 is 1.44. The second kappa shape index (κ2) is 7.94. The number of nitrogens with zero attached hydrogens (tertiary/aromatic N) is 2. The number of benzene rings is 2. The van der Waals surface area contributed by atoms with Crippen molar-refractivity contribution in [3.8, 4) is 28.7 Å². The number of hydrogen-bond donors (Lipinski definition) is 0. The van der Waals surface area contributed by atoms with Crippen LogP contribution in [0.25, 0.3) is 11.5 Å². The van der Waals surface area contributed by atoms with Crippen molar-refractivity contribution in [2.75, 3.05) is 21.3 Å². The first-order valence-corrected chi connectivity index (χ1v) is 8.53. The molecular weight excluding hydrogens is 340 g/mol. The number of thioether (sulfide) groups is 1. The summed E-state index contributed by atoms with van der Waals surface area (Å²) in [6.45, 7) is 0. The lowest BCUT2D eigenvalue weighted by Gasteiger charge is -2.09. The van der Waals surface area contributed by atoms with E-state index in [-0.39, 0.29) is 0 Å². The van der Waals surface area contributed by atoms with Gasteiger partial charge in [-0.1, -0.05) is 11.8 Å². The predicted molar refractivity (Wildman–Crippen MR) is 95.4 cm³/mol. The molecule has 1 aromatic heterocycles. The van der Waals surface area contributed by atoms with Crippen LogP contribution in [0.15, 0.2) is 52.1 Å². The molecule has 0 spiro atoms. The van der Waals surface area contributed by atoms with Crippen LogP contribution in [0.1, 0.15) is 5.56 Å². The highest BCUT2D eigenvalue weighted by atomic mass is 32.2. The molecule has 0 saturated carbocycles. The van der Waals surface area contributed by atoms with Gasteiger partial charge in [0.05, 0.1) is 21.3 Å². The summed E-state index contributed by atoms with van der Waals surface area (Å²) in [5.41, 5.74) is 1.84. The van der Waals surface area contributed by atoms with E-state index in [4.69, 9.17) is 18.6 Å². The zero-order valence-electron chi connectivity index (χ0n) is 14.2. The molecular formula is C18H18N2O4S. The lowest BCUT2D eigenvalue weighted by atomic mass is 10.2. The highest BCUT2D eigenvalue weighted by Crippen LogP contribution is 2.31. The first kappa shape index (κ1) is 17.2. The van der Waals surface area contributed by atoms with Crippen LogP contribution < -0.4 is 14.2 Å². The molecule has 0 amide bonds. The molecule has 0 aliphatic rings. The van der Waals surface area contributed by atoms with Crippen molar-refractivity contribution in [1.82, 2.24) is 10.2 Å². The maximum absolute atomic E-state index is 5.72. The van der Waals surface area contributed by atoms with Gasteiger partial charge in [0.25, 0.3) is 5.22 Å². The van der Waals surface area contributed by atoms with Crippen molar-refractivity contribution in [3.63, 3.8) is 0 Å². The van der Waals surface area contributed by atoms with Crippen LogP contribution in [0.3, 0.4) is 0 Å². The Morgan fingerprint density at radius 2 is 1.60 bits per heavy atom. The number of rotatable bonds is 7. The Kier molecular flexibility index (Phi) is 5.45. The maximum atomic E-state index is 5.72. The SMILES string of the molecule is COc1ccc(-c2nnc(SCc3cc(OC)ccc3OC)o2)cc1. The molecule has 0 aliphatic heterocycles. The Bertz CT molecular complexity index is 833. The Morgan fingerprint density at radius 1 is 0.880 bits per heavy atom. The van der Waals surface area contributed by atoms with E-state index < -0.39 is 0 Å². The highest BCUT2D eigenvalue weighted by Gasteiger charge is 2.12. The third-order valence-corrected chi connectivity index (χ3v) is 4.45. The molecule has 25 heavy (non-hydrogen) atoms. The summed E-state index contributed by atoms with van der Waals surface area (Å²) < 4.78 is 21.5. The van der Waals surface area contributed by atoms with Crippen LogP contribution in [0.2, 0.25) is 0 Å². The molecule has 130 valence electrons. The van der Waals surface area contributed by atoms with Gasteiger partial charge >= 0.3 is 0 Å². The summed E-state index contributed by atoms with van der Waals surface area (Å²) in [7, 11) is 4.91. The molecule has 0 N–H and O–H groups in total. The molecule has 3 rings (SSSR count). The molecule has 7 heteroatoms. The molecule has 0 unspecified atom stereocenters. The molecule has 1 heterocycles. The fourth-order valence-electron chi connectivity index (χ4n) is 2.25. The molecule has 6 nitrogen and oxygen atoms in total. The van der Waals surface area contributed by atoms with E-state index in [2.05, 4.69) is 10.2 Å². The Labute approximate surface area is 150 Å². The van der Waals surface area contributed by atoms with Gasteiger partial charge in [0, 0.05) is 16.9 Å². The Balaban J connectivity index is 1.71. The second-order valence-electron chi connectivity index (χ2n) is 5.07. The fourth-order valence-corrected chi connectivity index (χ4v) is 2.99. The summed E-state index contributed by atoms with van der Waals surface area (Å²) in [6.07, 6.45) is 0. The van der Waals surface area contributed by atoms with Gasteiger partial charge in [-0.2, -0.15) is 0 Å². The molecule has 0 aliphatic carbocycles. The minimum Gasteiger partial charge on any atom is -0.497 e. The van der Waals surface area contributed by atoms with Gasteiger partial charge in [0.15, 0.2) is 0 Å². The molecule has 0 saturated heterocycles. The third-order valence-electron chi connectivity index (χ3n) is 3.58. The average Bonchev–Trinajstić information content (AvgIpc) is 3.15. The van der Waals surface area contributed by atoms with Gasteiger partial charge in [0.2, 0.25) is 5.89 Å². The number of aromatic nitrogens is 2. The zero-order chi connectivity index (χ0) is 17.6. The van der Waals surface area contributed by atoms with Crippen molar-refractivity contribution in [2.24, 2.45) is 0 Å². The minimum absolute atomic E-state index is 0.475. The Hall–Kier alpha value is -2.67. The van der Waals surface area contributed by atoms with Crippen molar-refractivity contribution in [3.05, 3.63) is 48.0 Å². The maximum Gasteiger partial charge on any atom is 0.277 e. The van der Waals surface area contributed by atoms with E-state index >= 15 is 0 Å². The summed E-state index contributed by atoms with van der Waals surface area (Å²) in [5, 5.41) is 8.68. The molecule has 0 radical (unpaired) electrons. The summed E-state index contributed by atoms with van der Waals surface area (Å²) in [6, 6.07) is 13.2.